The van der Waals surface area contributed by atoms with Gasteiger partial charge in [-0.2, -0.15) is 5.10 Å². The molecule has 7 heteroatoms. The Labute approximate surface area is 145 Å². The van der Waals surface area contributed by atoms with Gasteiger partial charge < -0.3 is 10.2 Å². The summed E-state index contributed by atoms with van der Waals surface area (Å²) in [6.45, 7) is 0.693. The Balaban J connectivity index is 1.70. The number of nitrogens with zero attached hydrogens (tertiary/aromatic N) is 3. The second-order valence-electron chi connectivity index (χ2n) is 7.14. The number of fused-ring (bicyclic) bond motifs is 1. The van der Waals surface area contributed by atoms with Crippen molar-refractivity contribution in [2.75, 3.05) is 25.0 Å². The van der Waals surface area contributed by atoms with Gasteiger partial charge >= 0.3 is 0 Å². The van der Waals surface area contributed by atoms with E-state index >= 15 is 0 Å². The largest absolute Gasteiger partial charge is 0.371 e. The molecule has 1 aliphatic heterocycles. The van der Waals surface area contributed by atoms with E-state index in [1.54, 1.807) is 11.7 Å². The third-order valence-corrected chi connectivity index (χ3v) is 5.52. The van der Waals surface area contributed by atoms with Crippen LogP contribution in [0, 0.1) is 5.92 Å². The van der Waals surface area contributed by atoms with Gasteiger partial charge in [0.1, 0.15) is 0 Å². The molecule has 2 heterocycles. The number of nitrogens with one attached hydrogen (secondary N) is 1. The van der Waals surface area contributed by atoms with Gasteiger partial charge in [0, 0.05) is 57.0 Å². The number of hydrogen-bond acceptors (Lipinski definition) is 3. The Morgan fingerprint density at radius 2 is 2.04 bits per heavy atom. The van der Waals surface area contributed by atoms with Crippen LogP contribution in [0.25, 0.3) is 10.9 Å². The first-order valence-corrected chi connectivity index (χ1v) is 8.69. The number of hydrogen-bond donors (Lipinski definition) is 1. The van der Waals surface area contributed by atoms with E-state index in [0.29, 0.717) is 13.1 Å². The number of carbonyl (C=O) groups excluding carboxylic acids is 1. The number of benzene rings is 1. The maximum atomic E-state index is 13.5. The molecule has 1 aromatic heterocycles. The number of aromatic nitrogens is 2. The van der Waals surface area contributed by atoms with Gasteiger partial charge in [-0.3, -0.25) is 9.48 Å². The fourth-order valence-electron chi connectivity index (χ4n) is 3.85. The lowest BCUT2D eigenvalue weighted by Crippen LogP contribution is -2.39. The van der Waals surface area contributed by atoms with Crippen LogP contribution in [0.2, 0.25) is 0 Å². The molecule has 1 N–H and O–H groups in total. The Morgan fingerprint density at radius 1 is 1.32 bits per heavy atom. The highest BCUT2D eigenvalue weighted by Gasteiger charge is 2.45. The van der Waals surface area contributed by atoms with Crippen LogP contribution in [0.4, 0.5) is 14.5 Å². The minimum Gasteiger partial charge on any atom is -0.371 e. The lowest BCUT2D eigenvalue weighted by atomic mass is 10.0. The quantitative estimate of drug-likeness (QED) is 0.928. The van der Waals surface area contributed by atoms with Gasteiger partial charge in [-0.1, -0.05) is 0 Å². The van der Waals surface area contributed by atoms with E-state index in [1.807, 2.05) is 24.2 Å². The van der Waals surface area contributed by atoms with E-state index in [4.69, 9.17) is 0 Å². The molecule has 2 aliphatic rings. The van der Waals surface area contributed by atoms with Gasteiger partial charge in [-0.25, -0.2) is 8.78 Å². The molecule has 2 fully saturated rings. The maximum Gasteiger partial charge on any atom is 0.251 e. The Hall–Kier alpha value is -2.18. The molecule has 134 valence electrons. The Morgan fingerprint density at radius 3 is 2.72 bits per heavy atom. The fourth-order valence-corrected chi connectivity index (χ4v) is 3.85. The van der Waals surface area contributed by atoms with Crippen LogP contribution >= 0.6 is 0 Å². The molecule has 2 aromatic rings. The number of carbonyl (C=O) groups is 1. The van der Waals surface area contributed by atoms with E-state index in [1.165, 1.54) is 0 Å². The molecular formula is C18H22F2N4O. The van der Waals surface area contributed by atoms with Gasteiger partial charge in [-0.05, 0) is 30.0 Å². The van der Waals surface area contributed by atoms with Crippen molar-refractivity contribution in [3.8, 4) is 0 Å². The molecule has 5 nitrogen and oxygen atoms in total. The van der Waals surface area contributed by atoms with Crippen LogP contribution in [0.5, 0.6) is 0 Å². The lowest BCUT2D eigenvalue weighted by Gasteiger charge is -2.33. The summed E-state index contributed by atoms with van der Waals surface area (Å²) in [7, 11) is 3.53. The molecule has 1 aliphatic carbocycles. The summed E-state index contributed by atoms with van der Waals surface area (Å²) in [4.78, 5) is 13.9. The average molecular weight is 348 g/mol. The molecule has 0 radical (unpaired) electrons. The lowest BCUT2D eigenvalue weighted by molar-refractivity contribution is -0.121. The molecule has 1 amide bonds. The number of piperidine rings is 1. The van der Waals surface area contributed by atoms with Gasteiger partial charge in [0.25, 0.3) is 5.92 Å². The minimum absolute atomic E-state index is 0.00524. The predicted octanol–water partition coefficient (Wildman–Crippen LogP) is 2.66. The number of amides is 1. The standard InChI is InChI=1S/C18H22F2N4O/c1-21-17(25)14-9-13(14)12-7-11(8-16-15(12)10-22-23(16)2)24-5-3-18(19,20)4-6-24/h7-8,10,13-14H,3-6,9H2,1-2H3,(H,21,25)/t13-,14+/m0/s1. The van der Waals surface area contributed by atoms with Crippen molar-refractivity contribution in [1.29, 1.82) is 0 Å². The highest BCUT2D eigenvalue weighted by molar-refractivity contribution is 5.90. The number of alkyl halides is 2. The summed E-state index contributed by atoms with van der Waals surface area (Å²) >= 11 is 0. The molecule has 0 spiro atoms. The van der Waals surface area contributed by atoms with Gasteiger partial charge in [0.15, 0.2) is 0 Å². The van der Waals surface area contributed by atoms with Gasteiger partial charge in [0.2, 0.25) is 5.91 Å². The zero-order valence-corrected chi connectivity index (χ0v) is 14.4. The zero-order valence-electron chi connectivity index (χ0n) is 14.4. The summed E-state index contributed by atoms with van der Waals surface area (Å²) in [6, 6.07) is 4.09. The number of anilines is 1. The van der Waals surface area contributed by atoms with Crippen molar-refractivity contribution < 1.29 is 13.6 Å². The van der Waals surface area contributed by atoms with Crippen LogP contribution < -0.4 is 10.2 Å². The van der Waals surface area contributed by atoms with Crippen molar-refractivity contribution in [3.05, 3.63) is 23.9 Å². The van der Waals surface area contributed by atoms with Crippen molar-refractivity contribution in [2.45, 2.75) is 31.1 Å². The van der Waals surface area contributed by atoms with Gasteiger partial charge in [-0.15, -0.1) is 0 Å². The Bertz CT molecular complexity index is 822. The SMILES string of the molecule is CNC(=O)[C@@H]1C[C@H]1c1cc(N2CCC(F)(F)CC2)cc2c1cnn2C. The first-order valence-electron chi connectivity index (χ1n) is 8.69. The van der Waals surface area contributed by atoms with E-state index < -0.39 is 5.92 Å². The number of rotatable bonds is 3. The molecular weight excluding hydrogens is 326 g/mol. The fraction of sp³-hybridized carbons (Fsp3) is 0.556. The summed E-state index contributed by atoms with van der Waals surface area (Å²) < 4.78 is 28.7. The normalized spacial score (nSPS) is 25.2. The minimum atomic E-state index is -2.56. The average Bonchev–Trinajstić information content (AvgIpc) is 3.31. The second kappa shape index (κ2) is 5.68. The summed E-state index contributed by atoms with van der Waals surface area (Å²) in [5.41, 5.74) is 3.03. The third-order valence-electron chi connectivity index (χ3n) is 5.52. The monoisotopic (exact) mass is 348 g/mol. The number of aryl methyl sites for hydroxylation is 1. The molecule has 0 bridgehead atoms. The smallest absolute Gasteiger partial charge is 0.251 e. The molecule has 4 rings (SSSR count). The number of halogens is 2. The molecule has 25 heavy (non-hydrogen) atoms. The van der Waals surface area contributed by atoms with Crippen molar-refractivity contribution in [2.24, 2.45) is 13.0 Å². The molecule has 2 atom stereocenters. The molecule has 1 aromatic carbocycles. The highest BCUT2D eigenvalue weighted by atomic mass is 19.3. The summed E-state index contributed by atoms with van der Waals surface area (Å²) in [5.74, 6) is -2.33. The van der Waals surface area contributed by atoms with Crippen LogP contribution in [0.3, 0.4) is 0 Å². The zero-order chi connectivity index (χ0) is 17.8. The highest BCUT2D eigenvalue weighted by Crippen LogP contribution is 2.50. The first kappa shape index (κ1) is 16.3. The van der Waals surface area contributed by atoms with E-state index in [2.05, 4.69) is 16.5 Å². The topological polar surface area (TPSA) is 50.2 Å². The van der Waals surface area contributed by atoms with Crippen molar-refractivity contribution >= 4 is 22.5 Å². The van der Waals surface area contributed by atoms with Crippen LogP contribution in [-0.2, 0) is 11.8 Å². The van der Waals surface area contributed by atoms with E-state index in [-0.39, 0.29) is 30.6 Å². The molecule has 1 saturated heterocycles. The van der Waals surface area contributed by atoms with E-state index in [0.717, 1.165) is 28.6 Å². The van der Waals surface area contributed by atoms with Crippen molar-refractivity contribution in [1.82, 2.24) is 15.1 Å². The summed E-state index contributed by atoms with van der Waals surface area (Å²) in [5, 5.41) is 8.10. The third kappa shape index (κ3) is 2.85. The van der Waals surface area contributed by atoms with Crippen LogP contribution in [0.15, 0.2) is 18.3 Å². The van der Waals surface area contributed by atoms with Crippen LogP contribution in [0.1, 0.15) is 30.7 Å². The first-order chi connectivity index (χ1) is 11.9. The second-order valence-corrected chi connectivity index (χ2v) is 7.14. The van der Waals surface area contributed by atoms with Gasteiger partial charge in [0.05, 0.1) is 11.7 Å². The van der Waals surface area contributed by atoms with Crippen molar-refractivity contribution in [3.63, 3.8) is 0 Å². The van der Waals surface area contributed by atoms with E-state index in [9.17, 15) is 13.6 Å². The molecule has 1 saturated carbocycles. The van der Waals surface area contributed by atoms with Crippen LogP contribution in [-0.4, -0.2) is 41.7 Å². The Kier molecular flexibility index (Phi) is 3.70. The molecule has 0 unspecified atom stereocenters. The predicted molar refractivity (Wildman–Crippen MR) is 92.0 cm³/mol. The summed E-state index contributed by atoms with van der Waals surface area (Å²) in [6.07, 6.45) is 2.43. The maximum absolute atomic E-state index is 13.5.